The lowest BCUT2D eigenvalue weighted by atomic mass is 10.3. The molecule has 1 aromatic heterocycles. The van der Waals surface area contributed by atoms with E-state index >= 15 is 0 Å². The predicted octanol–water partition coefficient (Wildman–Crippen LogP) is 2.49. The first-order valence-corrected chi connectivity index (χ1v) is 7.82. The van der Waals surface area contributed by atoms with E-state index in [0.717, 1.165) is 17.0 Å². The minimum Gasteiger partial charge on any atom is -0.398 e. The Morgan fingerprint density at radius 2 is 2.06 bits per heavy atom. The highest BCUT2D eigenvalue weighted by molar-refractivity contribution is 7.91. The SMILES string of the molecule is Nc1cc(F)ccc1S(=O)(=O)CCc1cccs1. The van der Waals surface area contributed by atoms with Gasteiger partial charge in [-0.2, -0.15) is 0 Å². The van der Waals surface area contributed by atoms with Crippen LogP contribution >= 0.6 is 11.3 Å². The summed E-state index contributed by atoms with van der Waals surface area (Å²) in [6.45, 7) is 0. The zero-order chi connectivity index (χ0) is 13.2. The number of benzene rings is 1. The molecule has 0 aliphatic heterocycles. The van der Waals surface area contributed by atoms with Crippen LogP contribution in [0.25, 0.3) is 0 Å². The highest BCUT2D eigenvalue weighted by atomic mass is 32.2. The number of sulfone groups is 1. The van der Waals surface area contributed by atoms with Crippen LogP contribution in [0.1, 0.15) is 4.88 Å². The van der Waals surface area contributed by atoms with Gasteiger partial charge < -0.3 is 5.73 Å². The minimum atomic E-state index is -3.47. The number of hydrogen-bond acceptors (Lipinski definition) is 4. The first-order valence-electron chi connectivity index (χ1n) is 5.29. The van der Waals surface area contributed by atoms with Crippen molar-refractivity contribution < 1.29 is 12.8 Å². The summed E-state index contributed by atoms with van der Waals surface area (Å²) in [7, 11) is -3.47. The van der Waals surface area contributed by atoms with E-state index in [1.165, 1.54) is 17.4 Å². The Balaban J connectivity index is 2.20. The number of anilines is 1. The van der Waals surface area contributed by atoms with Crippen molar-refractivity contribution in [2.24, 2.45) is 0 Å². The standard InChI is InChI=1S/C12H12FNO2S2/c13-9-3-4-12(11(14)8-9)18(15,16)7-5-10-2-1-6-17-10/h1-4,6,8H,5,7,14H2. The summed E-state index contributed by atoms with van der Waals surface area (Å²) in [6.07, 6.45) is 0.441. The number of thiophene rings is 1. The molecule has 0 radical (unpaired) electrons. The molecular weight excluding hydrogens is 273 g/mol. The summed E-state index contributed by atoms with van der Waals surface area (Å²) in [5.74, 6) is -0.562. The monoisotopic (exact) mass is 285 g/mol. The Bertz CT molecular complexity index is 636. The molecule has 0 bridgehead atoms. The average molecular weight is 285 g/mol. The van der Waals surface area contributed by atoms with E-state index in [2.05, 4.69) is 0 Å². The van der Waals surface area contributed by atoms with Crippen LogP contribution in [0, 0.1) is 5.82 Å². The molecule has 1 aromatic carbocycles. The van der Waals surface area contributed by atoms with E-state index in [4.69, 9.17) is 5.73 Å². The second kappa shape index (κ2) is 5.07. The molecule has 0 spiro atoms. The molecule has 0 unspecified atom stereocenters. The summed E-state index contributed by atoms with van der Waals surface area (Å²) in [6, 6.07) is 7.11. The Morgan fingerprint density at radius 1 is 1.28 bits per heavy atom. The minimum absolute atomic E-state index is 0.000422. The molecule has 2 N–H and O–H groups in total. The summed E-state index contributed by atoms with van der Waals surface area (Å²) in [5, 5.41) is 1.90. The maximum Gasteiger partial charge on any atom is 0.180 e. The lowest BCUT2D eigenvalue weighted by Gasteiger charge is -2.06. The van der Waals surface area contributed by atoms with Gasteiger partial charge in [-0.1, -0.05) is 6.07 Å². The molecule has 1 heterocycles. The van der Waals surface area contributed by atoms with Gasteiger partial charge in [-0.15, -0.1) is 11.3 Å². The van der Waals surface area contributed by atoms with Crippen molar-refractivity contribution in [3.8, 4) is 0 Å². The molecule has 0 aliphatic rings. The topological polar surface area (TPSA) is 60.2 Å². The molecular formula is C12H12FNO2S2. The zero-order valence-electron chi connectivity index (χ0n) is 9.47. The number of nitrogens with two attached hydrogens (primary N) is 1. The van der Waals surface area contributed by atoms with Crippen molar-refractivity contribution in [2.45, 2.75) is 11.3 Å². The van der Waals surface area contributed by atoms with Crippen LogP contribution in [0.2, 0.25) is 0 Å². The van der Waals surface area contributed by atoms with Crippen LogP contribution in [0.3, 0.4) is 0 Å². The predicted molar refractivity (Wildman–Crippen MR) is 70.9 cm³/mol. The molecule has 3 nitrogen and oxygen atoms in total. The van der Waals surface area contributed by atoms with Gasteiger partial charge >= 0.3 is 0 Å². The van der Waals surface area contributed by atoms with E-state index in [0.29, 0.717) is 6.42 Å². The second-order valence-corrected chi connectivity index (χ2v) is 6.94. The normalized spacial score (nSPS) is 11.6. The fourth-order valence-corrected chi connectivity index (χ4v) is 3.84. The van der Waals surface area contributed by atoms with Gasteiger partial charge in [0.25, 0.3) is 0 Å². The number of hydrogen-bond donors (Lipinski definition) is 1. The van der Waals surface area contributed by atoms with Gasteiger partial charge in [-0.3, -0.25) is 0 Å². The van der Waals surface area contributed by atoms with Gasteiger partial charge in [0.15, 0.2) is 9.84 Å². The quantitative estimate of drug-likeness (QED) is 0.693. The number of halogens is 1. The maximum absolute atomic E-state index is 12.9. The van der Waals surface area contributed by atoms with E-state index in [1.54, 1.807) is 0 Å². The Labute approximate surface area is 109 Å². The van der Waals surface area contributed by atoms with Crippen LogP contribution < -0.4 is 5.73 Å². The molecule has 0 amide bonds. The highest BCUT2D eigenvalue weighted by Crippen LogP contribution is 2.22. The fourth-order valence-electron chi connectivity index (χ4n) is 1.60. The molecule has 0 atom stereocenters. The summed E-state index contributed by atoms with van der Waals surface area (Å²) >= 11 is 1.51. The highest BCUT2D eigenvalue weighted by Gasteiger charge is 2.18. The average Bonchev–Trinajstić information content (AvgIpc) is 2.78. The van der Waals surface area contributed by atoms with Crippen molar-refractivity contribution in [1.29, 1.82) is 0 Å². The van der Waals surface area contributed by atoms with E-state index < -0.39 is 15.7 Å². The number of rotatable bonds is 4. The summed E-state index contributed by atoms with van der Waals surface area (Å²) in [5.41, 5.74) is 5.50. The molecule has 0 aliphatic carbocycles. The largest absolute Gasteiger partial charge is 0.398 e. The lowest BCUT2D eigenvalue weighted by molar-refractivity contribution is 0.595. The smallest absolute Gasteiger partial charge is 0.180 e. The zero-order valence-corrected chi connectivity index (χ0v) is 11.1. The lowest BCUT2D eigenvalue weighted by Crippen LogP contribution is -2.11. The van der Waals surface area contributed by atoms with Crippen LogP contribution in [-0.4, -0.2) is 14.2 Å². The van der Waals surface area contributed by atoms with Gasteiger partial charge in [-0.25, -0.2) is 12.8 Å². The van der Waals surface area contributed by atoms with Crippen LogP contribution in [0.4, 0.5) is 10.1 Å². The molecule has 0 saturated heterocycles. The van der Waals surface area contributed by atoms with Crippen LogP contribution in [-0.2, 0) is 16.3 Å². The van der Waals surface area contributed by atoms with Crippen molar-refractivity contribution in [1.82, 2.24) is 0 Å². The van der Waals surface area contributed by atoms with E-state index in [9.17, 15) is 12.8 Å². The van der Waals surface area contributed by atoms with Gasteiger partial charge in [0.2, 0.25) is 0 Å². The Hall–Kier alpha value is -1.40. The summed E-state index contributed by atoms with van der Waals surface area (Å²) < 4.78 is 37.0. The molecule has 6 heteroatoms. The molecule has 0 saturated carbocycles. The van der Waals surface area contributed by atoms with E-state index in [-0.39, 0.29) is 16.3 Å². The first kappa shape index (κ1) is 13.0. The molecule has 2 aromatic rings. The van der Waals surface area contributed by atoms with Gasteiger partial charge in [0.1, 0.15) is 5.82 Å². The van der Waals surface area contributed by atoms with Gasteiger partial charge in [0, 0.05) is 4.88 Å². The summed E-state index contributed by atoms with van der Waals surface area (Å²) in [4.78, 5) is 1.000. The molecule has 18 heavy (non-hydrogen) atoms. The Morgan fingerprint density at radius 3 is 2.67 bits per heavy atom. The number of nitrogen functional groups attached to an aromatic ring is 1. The third kappa shape index (κ3) is 2.88. The maximum atomic E-state index is 12.9. The fraction of sp³-hybridized carbons (Fsp3) is 0.167. The second-order valence-electron chi connectivity index (χ2n) is 3.83. The van der Waals surface area contributed by atoms with Crippen molar-refractivity contribution in [3.63, 3.8) is 0 Å². The van der Waals surface area contributed by atoms with Crippen LogP contribution in [0.15, 0.2) is 40.6 Å². The Kier molecular flexibility index (Phi) is 3.68. The molecule has 2 rings (SSSR count). The van der Waals surface area contributed by atoms with Gasteiger partial charge in [-0.05, 0) is 36.1 Å². The molecule has 0 fully saturated rings. The van der Waals surface area contributed by atoms with Crippen molar-refractivity contribution in [3.05, 3.63) is 46.4 Å². The van der Waals surface area contributed by atoms with Gasteiger partial charge in [0.05, 0.1) is 16.3 Å². The van der Waals surface area contributed by atoms with E-state index in [1.807, 2.05) is 17.5 Å². The van der Waals surface area contributed by atoms with Crippen LogP contribution in [0.5, 0.6) is 0 Å². The van der Waals surface area contributed by atoms with Crippen molar-refractivity contribution >= 4 is 26.9 Å². The third-order valence-corrected chi connectivity index (χ3v) is 5.22. The van der Waals surface area contributed by atoms with Crippen molar-refractivity contribution in [2.75, 3.05) is 11.5 Å². The third-order valence-electron chi connectivity index (χ3n) is 2.50. The molecule has 96 valence electrons. The number of aryl methyl sites for hydroxylation is 1. The first-order chi connectivity index (χ1) is 8.49.